The molecule has 0 amide bonds. The molecule has 0 saturated carbocycles. The standard InChI is InChI=1S/C12H12N2O2/c1-7-3-2-4-9-11(7)8(6-14-9)12(16)10(15)5-13/h2-4,6,10,12,14-16H,1H3. The Morgan fingerprint density at radius 1 is 1.38 bits per heavy atom. The molecule has 2 aromatic rings. The predicted octanol–water partition coefficient (Wildman–Crippen LogP) is 1.39. The molecule has 0 saturated heterocycles. The Bertz CT molecular complexity index is 554. The number of aromatic nitrogens is 1. The first-order valence-corrected chi connectivity index (χ1v) is 4.97. The lowest BCUT2D eigenvalue weighted by molar-refractivity contribution is 0.0537. The van der Waals surface area contributed by atoms with Gasteiger partial charge in [0.25, 0.3) is 0 Å². The van der Waals surface area contributed by atoms with Crippen LogP contribution in [0.25, 0.3) is 10.9 Å². The van der Waals surface area contributed by atoms with Crippen LogP contribution in [0.2, 0.25) is 0 Å². The summed E-state index contributed by atoms with van der Waals surface area (Å²) in [5.41, 5.74) is 2.44. The number of rotatable bonds is 2. The van der Waals surface area contributed by atoms with E-state index in [2.05, 4.69) is 4.98 Å². The van der Waals surface area contributed by atoms with E-state index in [4.69, 9.17) is 5.26 Å². The molecule has 3 N–H and O–H groups in total. The van der Waals surface area contributed by atoms with Crippen LogP contribution in [0.1, 0.15) is 17.2 Å². The second kappa shape index (κ2) is 3.97. The van der Waals surface area contributed by atoms with E-state index in [0.717, 1.165) is 16.5 Å². The largest absolute Gasteiger partial charge is 0.384 e. The van der Waals surface area contributed by atoms with Crippen LogP contribution < -0.4 is 0 Å². The Morgan fingerprint density at radius 3 is 2.81 bits per heavy atom. The summed E-state index contributed by atoms with van der Waals surface area (Å²) >= 11 is 0. The zero-order valence-electron chi connectivity index (χ0n) is 8.81. The van der Waals surface area contributed by atoms with E-state index in [9.17, 15) is 10.2 Å². The van der Waals surface area contributed by atoms with Crippen molar-refractivity contribution in [2.45, 2.75) is 19.1 Å². The molecule has 1 heterocycles. The molecule has 4 nitrogen and oxygen atoms in total. The summed E-state index contributed by atoms with van der Waals surface area (Å²) in [6.07, 6.45) is -0.957. The van der Waals surface area contributed by atoms with Gasteiger partial charge >= 0.3 is 0 Å². The summed E-state index contributed by atoms with van der Waals surface area (Å²) in [6, 6.07) is 7.34. The fourth-order valence-electron chi connectivity index (χ4n) is 1.87. The van der Waals surface area contributed by atoms with E-state index >= 15 is 0 Å². The van der Waals surface area contributed by atoms with Gasteiger partial charge in [-0.3, -0.25) is 0 Å². The maximum atomic E-state index is 9.81. The Kier molecular flexibility index (Phi) is 2.65. The highest BCUT2D eigenvalue weighted by Crippen LogP contribution is 2.28. The fraction of sp³-hybridized carbons (Fsp3) is 0.250. The molecule has 1 aromatic carbocycles. The summed E-state index contributed by atoms with van der Waals surface area (Å²) in [6.45, 7) is 1.92. The molecule has 0 spiro atoms. The predicted molar refractivity (Wildman–Crippen MR) is 59.6 cm³/mol. The first kappa shape index (κ1) is 10.7. The van der Waals surface area contributed by atoms with Crippen LogP contribution >= 0.6 is 0 Å². The number of nitrogens with one attached hydrogen (secondary N) is 1. The number of aliphatic hydroxyl groups excluding tert-OH is 2. The minimum absolute atomic E-state index is 0.558. The van der Waals surface area contributed by atoms with Crippen LogP contribution in [0.15, 0.2) is 24.4 Å². The van der Waals surface area contributed by atoms with Gasteiger partial charge in [0.2, 0.25) is 0 Å². The molecular formula is C12H12N2O2. The molecule has 0 fully saturated rings. The van der Waals surface area contributed by atoms with Gasteiger partial charge in [-0.25, -0.2) is 0 Å². The molecule has 2 rings (SSSR count). The van der Waals surface area contributed by atoms with Crippen molar-refractivity contribution in [2.24, 2.45) is 0 Å². The number of hydrogen-bond acceptors (Lipinski definition) is 3. The lowest BCUT2D eigenvalue weighted by Gasteiger charge is -2.11. The molecule has 2 unspecified atom stereocenters. The zero-order chi connectivity index (χ0) is 11.7. The van der Waals surface area contributed by atoms with Gasteiger partial charge in [-0.2, -0.15) is 5.26 Å². The van der Waals surface area contributed by atoms with E-state index in [1.54, 1.807) is 12.3 Å². The van der Waals surface area contributed by atoms with E-state index in [1.165, 1.54) is 0 Å². The van der Waals surface area contributed by atoms with Crippen molar-refractivity contribution in [1.29, 1.82) is 5.26 Å². The number of H-pyrrole nitrogens is 1. The number of hydrogen-bond donors (Lipinski definition) is 3. The van der Waals surface area contributed by atoms with Gasteiger partial charge in [-0.15, -0.1) is 0 Å². The summed E-state index contributed by atoms with van der Waals surface area (Å²) in [5, 5.41) is 28.6. The van der Waals surface area contributed by atoms with Crippen LogP contribution in [-0.2, 0) is 0 Å². The lowest BCUT2D eigenvalue weighted by atomic mass is 10.0. The highest BCUT2D eigenvalue weighted by molar-refractivity contribution is 5.86. The average molecular weight is 216 g/mol. The van der Waals surface area contributed by atoms with Crippen LogP contribution in [0.5, 0.6) is 0 Å². The second-order valence-electron chi connectivity index (χ2n) is 3.76. The van der Waals surface area contributed by atoms with Gasteiger partial charge in [0.1, 0.15) is 6.10 Å². The van der Waals surface area contributed by atoms with Crippen molar-refractivity contribution in [3.05, 3.63) is 35.5 Å². The van der Waals surface area contributed by atoms with Gasteiger partial charge in [-0.1, -0.05) is 12.1 Å². The number of aromatic amines is 1. The quantitative estimate of drug-likeness (QED) is 0.664. The third-order valence-corrected chi connectivity index (χ3v) is 2.69. The van der Waals surface area contributed by atoms with Gasteiger partial charge in [-0.05, 0) is 18.6 Å². The molecule has 0 aliphatic heterocycles. The second-order valence-corrected chi connectivity index (χ2v) is 3.76. The topological polar surface area (TPSA) is 80.0 Å². The molecule has 2 atom stereocenters. The van der Waals surface area contributed by atoms with Crippen LogP contribution in [0, 0.1) is 18.3 Å². The van der Waals surface area contributed by atoms with E-state index < -0.39 is 12.2 Å². The number of aliphatic hydroxyl groups is 2. The summed E-state index contributed by atoms with van der Waals surface area (Å²) in [7, 11) is 0. The van der Waals surface area contributed by atoms with Crippen molar-refractivity contribution >= 4 is 10.9 Å². The van der Waals surface area contributed by atoms with Gasteiger partial charge in [0.05, 0.1) is 6.07 Å². The van der Waals surface area contributed by atoms with Crippen LogP contribution in [0.3, 0.4) is 0 Å². The van der Waals surface area contributed by atoms with Crippen molar-refractivity contribution in [1.82, 2.24) is 4.98 Å². The first-order valence-electron chi connectivity index (χ1n) is 4.97. The Hall–Kier alpha value is -1.83. The molecule has 0 aliphatic carbocycles. The maximum absolute atomic E-state index is 9.81. The van der Waals surface area contributed by atoms with Crippen LogP contribution in [0.4, 0.5) is 0 Å². The SMILES string of the molecule is Cc1cccc2[nH]cc(C(O)C(O)C#N)c12. The first-order chi connectivity index (χ1) is 7.65. The van der Waals surface area contributed by atoms with Crippen molar-refractivity contribution in [3.63, 3.8) is 0 Å². The Labute approximate surface area is 92.8 Å². The number of nitriles is 1. The molecule has 0 aliphatic rings. The zero-order valence-corrected chi connectivity index (χ0v) is 8.81. The molecule has 4 heteroatoms. The molecule has 0 radical (unpaired) electrons. The summed E-state index contributed by atoms with van der Waals surface area (Å²) in [4.78, 5) is 3.01. The molecular weight excluding hydrogens is 204 g/mol. The van der Waals surface area contributed by atoms with Gasteiger partial charge in [0, 0.05) is 22.7 Å². The lowest BCUT2D eigenvalue weighted by Crippen LogP contribution is -2.15. The minimum Gasteiger partial charge on any atom is -0.384 e. The average Bonchev–Trinajstić information content (AvgIpc) is 2.72. The Balaban J connectivity index is 2.58. The number of benzene rings is 1. The third kappa shape index (κ3) is 1.56. The summed E-state index contributed by atoms with van der Waals surface area (Å²) in [5.74, 6) is 0. The normalized spacial score (nSPS) is 14.6. The number of aryl methyl sites for hydroxylation is 1. The summed E-state index contributed by atoms with van der Waals surface area (Å²) < 4.78 is 0. The molecule has 82 valence electrons. The number of nitrogens with zero attached hydrogens (tertiary/aromatic N) is 1. The smallest absolute Gasteiger partial charge is 0.170 e. The molecule has 1 aromatic heterocycles. The van der Waals surface area contributed by atoms with Crippen LogP contribution in [-0.4, -0.2) is 21.3 Å². The number of fused-ring (bicyclic) bond motifs is 1. The highest BCUT2D eigenvalue weighted by atomic mass is 16.3. The molecule has 16 heavy (non-hydrogen) atoms. The highest BCUT2D eigenvalue weighted by Gasteiger charge is 2.21. The fourth-order valence-corrected chi connectivity index (χ4v) is 1.87. The van der Waals surface area contributed by atoms with E-state index in [0.29, 0.717) is 5.56 Å². The van der Waals surface area contributed by atoms with Gasteiger partial charge in [0.15, 0.2) is 6.10 Å². The van der Waals surface area contributed by atoms with Gasteiger partial charge < -0.3 is 15.2 Å². The van der Waals surface area contributed by atoms with E-state index in [-0.39, 0.29) is 0 Å². The molecule has 0 bridgehead atoms. The maximum Gasteiger partial charge on any atom is 0.170 e. The van der Waals surface area contributed by atoms with E-state index in [1.807, 2.05) is 25.1 Å². The van der Waals surface area contributed by atoms with Crippen molar-refractivity contribution in [3.8, 4) is 6.07 Å². The van der Waals surface area contributed by atoms with Crippen molar-refractivity contribution < 1.29 is 10.2 Å². The van der Waals surface area contributed by atoms with Crippen molar-refractivity contribution in [2.75, 3.05) is 0 Å². The Morgan fingerprint density at radius 2 is 2.12 bits per heavy atom. The third-order valence-electron chi connectivity index (χ3n) is 2.69. The minimum atomic E-state index is -1.40. The monoisotopic (exact) mass is 216 g/mol.